The van der Waals surface area contributed by atoms with Gasteiger partial charge in [-0.3, -0.25) is 0 Å². The van der Waals surface area contributed by atoms with Crippen LogP contribution in [0.25, 0.3) is 0 Å². The van der Waals surface area contributed by atoms with Gasteiger partial charge in [0.15, 0.2) is 11.9 Å². The van der Waals surface area contributed by atoms with Crippen LogP contribution in [0.2, 0.25) is 5.02 Å². The third kappa shape index (κ3) is 3.33. The number of nitrogens with zero attached hydrogens (tertiary/aromatic N) is 4. The van der Waals surface area contributed by atoms with Crippen LogP contribution in [0, 0.1) is 0 Å². The van der Waals surface area contributed by atoms with Gasteiger partial charge in [0.05, 0.1) is 0 Å². The van der Waals surface area contributed by atoms with E-state index in [-0.39, 0.29) is 0 Å². The van der Waals surface area contributed by atoms with Crippen LogP contribution in [0.5, 0.6) is 0 Å². The second-order valence-electron chi connectivity index (χ2n) is 4.49. The molecule has 0 amide bonds. The Morgan fingerprint density at radius 1 is 1.40 bits per heavy atom. The van der Waals surface area contributed by atoms with Crippen molar-refractivity contribution in [3.8, 4) is 0 Å². The number of tetrazole rings is 1. The Morgan fingerprint density at radius 2 is 2.10 bits per heavy atom. The molecule has 1 heterocycles. The molecule has 0 saturated heterocycles. The minimum Gasteiger partial charge on any atom is -0.480 e. The lowest BCUT2D eigenvalue weighted by Crippen LogP contribution is -2.22. The third-order valence-electron chi connectivity index (χ3n) is 2.98. The Bertz CT molecular complexity index is 582. The van der Waals surface area contributed by atoms with Gasteiger partial charge in [-0.25, -0.2) is 9.48 Å². The molecule has 0 aliphatic heterocycles. The summed E-state index contributed by atoms with van der Waals surface area (Å²) in [5.74, 6) is -0.385. The minimum absolute atomic E-state index is 0.470. The Balaban J connectivity index is 2.23. The molecule has 2 rings (SSSR count). The van der Waals surface area contributed by atoms with Crippen molar-refractivity contribution < 1.29 is 9.90 Å². The van der Waals surface area contributed by atoms with Crippen molar-refractivity contribution in [1.82, 2.24) is 20.2 Å². The van der Waals surface area contributed by atoms with E-state index in [9.17, 15) is 9.90 Å². The first kappa shape index (κ1) is 14.5. The number of aromatic nitrogens is 4. The van der Waals surface area contributed by atoms with Crippen molar-refractivity contribution in [2.45, 2.75) is 32.2 Å². The molecule has 1 aromatic heterocycles. The van der Waals surface area contributed by atoms with Gasteiger partial charge in [0.2, 0.25) is 0 Å². The molecule has 20 heavy (non-hydrogen) atoms. The van der Waals surface area contributed by atoms with E-state index < -0.39 is 12.0 Å². The Morgan fingerprint density at radius 3 is 2.70 bits per heavy atom. The molecule has 7 heteroatoms. The van der Waals surface area contributed by atoms with Crippen LogP contribution in [0.15, 0.2) is 24.3 Å². The topological polar surface area (TPSA) is 80.9 Å². The predicted molar refractivity (Wildman–Crippen MR) is 73.7 cm³/mol. The van der Waals surface area contributed by atoms with Crippen molar-refractivity contribution in [3.05, 3.63) is 40.7 Å². The lowest BCUT2D eigenvalue weighted by Gasteiger charge is -2.12. The molecule has 0 spiro atoms. The van der Waals surface area contributed by atoms with Gasteiger partial charge >= 0.3 is 5.97 Å². The second-order valence-corrected chi connectivity index (χ2v) is 4.92. The molecule has 1 atom stereocenters. The maximum Gasteiger partial charge on any atom is 0.328 e. The van der Waals surface area contributed by atoms with Crippen molar-refractivity contribution in [2.75, 3.05) is 0 Å². The van der Waals surface area contributed by atoms with Gasteiger partial charge in [0.25, 0.3) is 0 Å². The molecule has 0 fully saturated rings. The summed E-state index contributed by atoms with van der Waals surface area (Å²) in [5, 5.41) is 21.3. The highest BCUT2D eigenvalue weighted by Crippen LogP contribution is 2.17. The second kappa shape index (κ2) is 6.47. The summed E-state index contributed by atoms with van der Waals surface area (Å²) in [6, 6.07) is 6.59. The first-order valence-electron chi connectivity index (χ1n) is 6.35. The summed E-state index contributed by atoms with van der Waals surface area (Å²) in [7, 11) is 0. The highest BCUT2D eigenvalue weighted by Gasteiger charge is 2.23. The Kier molecular flexibility index (Phi) is 4.68. The average molecular weight is 295 g/mol. The van der Waals surface area contributed by atoms with Crippen molar-refractivity contribution in [3.63, 3.8) is 0 Å². The Labute approximate surface area is 121 Å². The molecule has 0 radical (unpaired) electrons. The summed E-state index contributed by atoms with van der Waals surface area (Å²) < 4.78 is 1.39. The molecular weight excluding hydrogens is 280 g/mol. The monoisotopic (exact) mass is 294 g/mol. The first-order chi connectivity index (χ1) is 9.61. The number of aliphatic carboxylic acids is 1. The van der Waals surface area contributed by atoms with E-state index in [0.29, 0.717) is 23.7 Å². The van der Waals surface area contributed by atoms with E-state index in [1.165, 1.54) is 4.68 Å². The molecule has 1 aromatic carbocycles. The number of hydrogen-bond acceptors (Lipinski definition) is 4. The maximum absolute atomic E-state index is 11.3. The lowest BCUT2D eigenvalue weighted by atomic mass is 10.1. The molecule has 106 valence electrons. The van der Waals surface area contributed by atoms with Crippen LogP contribution in [0.3, 0.4) is 0 Å². The fraction of sp³-hybridized carbons (Fsp3) is 0.385. The highest BCUT2D eigenvalue weighted by molar-refractivity contribution is 6.30. The summed E-state index contributed by atoms with van der Waals surface area (Å²) in [5.41, 5.74) is 0.978. The van der Waals surface area contributed by atoms with E-state index in [2.05, 4.69) is 15.5 Å². The average Bonchev–Trinajstić information content (AvgIpc) is 2.86. The van der Waals surface area contributed by atoms with Gasteiger partial charge in [-0.05, 0) is 34.5 Å². The van der Waals surface area contributed by atoms with E-state index in [1.54, 1.807) is 12.1 Å². The molecule has 1 unspecified atom stereocenters. The first-order valence-corrected chi connectivity index (χ1v) is 6.73. The molecule has 0 aliphatic carbocycles. The van der Waals surface area contributed by atoms with E-state index in [1.807, 2.05) is 19.1 Å². The predicted octanol–water partition coefficient (Wildman–Crippen LogP) is 2.34. The number of carboxylic acids is 1. The zero-order valence-electron chi connectivity index (χ0n) is 11.0. The number of benzene rings is 1. The van der Waals surface area contributed by atoms with Gasteiger partial charge in [0.1, 0.15) is 0 Å². The minimum atomic E-state index is -0.920. The van der Waals surface area contributed by atoms with E-state index in [0.717, 1.165) is 12.0 Å². The highest BCUT2D eigenvalue weighted by atomic mass is 35.5. The van der Waals surface area contributed by atoms with Gasteiger partial charge in [-0.1, -0.05) is 37.1 Å². The zero-order chi connectivity index (χ0) is 14.5. The molecular formula is C13H15ClN4O2. The molecule has 0 saturated carbocycles. The summed E-state index contributed by atoms with van der Waals surface area (Å²) in [6.45, 7) is 1.93. The van der Waals surface area contributed by atoms with Crippen LogP contribution >= 0.6 is 11.6 Å². The summed E-state index contributed by atoms with van der Waals surface area (Å²) in [4.78, 5) is 11.3. The van der Waals surface area contributed by atoms with Crippen molar-refractivity contribution in [1.29, 1.82) is 0 Å². The van der Waals surface area contributed by atoms with Gasteiger partial charge in [-0.15, -0.1) is 5.10 Å². The lowest BCUT2D eigenvalue weighted by molar-refractivity contribution is -0.141. The van der Waals surface area contributed by atoms with Crippen LogP contribution in [0.1, 0.15) is 37.2 Å². The number of rotatable bonds is 6. The molecule has 6 nitrogen and oxygen atoms in total. The van der Waals surface area contributed by atoms with E-state index in [4.69, 9.17) is 11.6 Å². The van der Waals surface area contributed by atoms with Crippen molar-refractivity contribution in [2.24, 2.45) is 0 Å². The van der Waals surface area contributed by atoms with Crippen LogP contribution in [-0.2, 0) is 11.2 Å². The Hall–Kier alpha value is -1.95. The van der Waals surface area contributed by atoms with Gasteiger partial charge in [0, 0.05) is 11.4 Å². The number of carbonyl (C=O) groups is 1. The molecule has 0 bridgehead atoms. The van der Waals surface area contributed by atoms with Crippen LogP contribution in [0.4, 0.5) is 0 Å². The molecule has 1 N–H and O–H groups in total. The summed E-state index contributed by atoms with van der Waals surface area (Å²) >= 11 is 5.83. The standard InChI is InChI=1S/C13H15ClN4O2/c1-2-3-11(13(19)20)18-12(15-16-17-18)8-9-4-6-10(14)7-5-9/h4-7,11H,2-3,8H2,1H3,(H,19,20). The fourth-order valence-corrected chi connectivity index (χ4v) is 2.11. The van der Waals surface area contributed by atoms with Gasteiger partial charge < -0.3 is 5.11 Å². The number of hydrogen-bond donors (Lipinski definition) is 1. The van der Waals surface area contributed by atoms with Crippen LogP contribution in [-0.4, -0.2) is 31.3 Å². The quantitative estimate of drug-likeness (QED) is 0.884. The maximum atomic E-state index is 11.3. The fourth-order valence-electron chi connectivity index (χ4n) is 1.98. The smallest absolute Gasteiger partial charge is 0.328 e. The van der Waals surface area contributed by atoms with Gasteiger partial charge in [-0.2, -0.15) is 0 Å². The zero-order valence-corrected chi connectivity index (χ0v) is 11.8. The van der Waals surface area contributed by atoms with Crippen molar-refractivity contribution >= 4 is 17.6 Å². The molecule has 2 aromatic rings. The molecule has 0 aliphatic rings. The van der Waals surface area contributed by atoms with Crippen LogP contribution < -0.4 is 0 Å². The van der Waals surface area contributed by atoms with E-state index >= 15 is 0 Å². The summed E-state index contributed by atoms with van der Waals surface area (Å²) in [6.07, 6.45) is 1.71. The SMILES string of the molecule is CCCC(C(=O)O)n1nnnc1Cc1ccc(Cl)cc1. The number of halogens is 1. The number of carboxylic acid groups (broad SMARTS) is 1. The largest absolute Gasteiger partial charge is 0.480 e. The normalized spacial score (nSPS) is 12.3. The third-order valence-corrected chi connectivity index (χ3v) is 3.23.